The topological polar surface area (TPSA) is 76.4 Å². The van der Waals surface area contributed by atoms with Crippen LogP contribution in [-0.2, 0) is 19.4 Å². The molecule has 0 radical (unpaired) electrons. The lowest BCUT2D eigenvalue weighted by atomic mass is 10.1. The molecule has 0 saturated carbocycles. The van der Waals surface area contributed by atoms with E-state index in [1.165, 1.54) is 5.56 Å². The standard InChI is InChI=1S/C20H32N6O/c1-5-16(3)24-20(22-13-14-26-15-23-25-19(26)6-2)21-12-11-17-7-9-18(27-4)10-8-17/h7-10,15-16H,5-6,11-14H2,1-4H3,(H2,21,22,24). The van der Waals surface area contributed by atoms with Crippen molar-refractivity contribution in [3.05, 3.63) is 42.0 Å². The molecule has 1 atom stereocenters. The number of methoxy groups -OCH3 is 1. The molecule has 7 nitrogen and oxygen atoms in total. The van der Waals surface area contributed by atoms with Crippen molar-refractivity contribution in [3.63, 3.8) is 0 Å². The number of hydrogen-bond acceptors (Lipinski definition) is 4. The zero-order valence-electron chi connectivity index (χ0n) is 16.9. The van der Waals surface area contributed by atoms with Crippen molar-refractivity contribution in [2.45, 2.75) is 52.6 Å². The number of guanidine groups is 1. The Balaban J connectivity index is 1.88. The first kappa shape index (κ1) is 20.7. The van der Waals surface area contributed by atoms with Crippen LogP contribution in [0.25, 0.3) is 0 Å². The minimum Gasteiger partial charge on any atom is -0.497 e. The number of nitrogens with one attached hydrogen (secondary N) is 2. The summed E-state index contributed by atoms with van der Waals surface area (Å²) in [5.41, 5.74) is 1.25. The normalized spacial score (nSPS) is 12.7. The fourth-order valence-electron chi connectivity index (χ4n) is 2.61. The van der Waals surface area contributed by atoms with Crippen LogP contribution in [-0.4, -0.2) is 47.0 Å². The van der Waals surface area contributed by atoms with Crippen LogP contribution in [0.15, 0.2) is 35.6 Å². The number of hydrogen-bond donors (Lipinski definition) is 2. The van der Waals surface area contributed by atoms with Crippen molar-refractivity contribution in [2.24, 2.45) is 4.99 Å². The summed E-state index contributed by atoms with van der Waals surface area (Å²) >= 11 is 0. The van der Waals surface area contributed by atoms with Crippen LogP contribution < -0.4 is 15.4 Å². The summed E-state index contributed by atoms with van der Waals surface area (Å²) in [6.45, 7) is 8.73. The summed E-state index contributed by atoms with van der Waals surface area (Å²) in [7, 11) is 1.68. The Morgan fingerprint density at radius 1 is 1.26 bits per heavy atom. The third-order valence-electron chi connectivity index (χ3n) is 4.48. The highest BCUT2D eigenvalue weighted by molar-refractivity contribution is 5.80. The Morgan fingerprint density at radius 2 is 2.04 bits per heavy atom. The summed E-state index contributed by atoms with van der Waals surface area (Å²) in [4.78, 5) is 4.73. The predicted octanol–water partition coefficient (Wildman–Crippen LogP) is 2.43. The number of benzene rings is 1. The lowest BCUT2D eigenvalue weighted by molar-refractivity contribution is 0.414. The second kappa shape index (κ2) is 11.2. The Hall–Kier alpha value is -2.57. The summed E-state index contributed by atoms with van der Waals surface area (Å²) < 4.78 is 7.28. The minimum atomic E-state index is 0.373. The molecule has 0 aliphatic rings. The minimum absolute atomic E-state index is 0.373. The van der Waals surface area contributed by atoms with Crippen LogP contribution in [0.4, 0.5) is 0 Å². The first-order chi connectivity index (χ1) is 13.2. The molecule has 0 saturated heterocycles. The average Bonchev–Trinajstić information content (AvgIpc) is 3.15. The first-order valence-electron chi connectivity index (χ1n) is 9.70. The molecule has 0 aliphatic carbocycles. The van der Waals surface area contributed by atoms with E-state index in [2.05, 4.69) is 58.3 Å². The molecular formula is C20H32N6O. The van der Waals surface area contributed by atoms with Crippen molar-refractivity contribution in [2.75, 3.05) is 20.2 Å². The Labute approximate surface area is 162 Å². The van der Waals surface area contributed by atoms with Crippen LogP contribution in [0.5, 0.6) is 5.75 Å². The van der Waals surface area contributed by atoms with E-state index in [9.17, 15) is 0 Å². The predicted molar refractivity (Wildman–Crippen MR) is 109 cm³/mol. The maximum absolute atomic E-state index is 5.20. The SMILES string of the molecule is CCc1nncn1CCNC(=NCCc1ccc(OC)cc1)NC(C)CC. The maximum atomic E-state index is 5.20. The van der Waals surface area contributed by atoms with E-state index in [1.54, 1.807) is 13.4 Å². The molecule has 0 spiro atoms. The summed E-state index contributed by atoms with van der Waals surface area (Å²) in [5.74, 6) is 2.73. The van der Waals surface area contributed by atoms with Gasteiger partial charge in [-0.1, -0.05) is 26.0 Å². The van der Waals surface area contributed by atoms with Gasteiger partial charge in [0, 0.05) is 32.1 Å². The number of nitrogens with zero attached hydrogens (tertiary/aromatic N) is 4. The van der Waals surface area contributed by atoms with E-state index in [1.807, 2.05) is 12.1 Å². The molecule has 1 aromatic heterocycles. The van der Waals surface area contributed by atoms with Gasteiger partial charge in [0.2, 0.25) is 0 Å². The Bertz CT molecular complexity index is 695. The van der Waals surface area contributed by atoms with Gasteiger partial charge in [0.1, 0.15) is 17.9 Å². The maximum Gasteiger partial charge on any atom is 0.191 e. The fourth-order valence-corrected chi connectivity index (χ4v) is 2.61. The van der Waals surface area contributed by atoms with E-state index in [4.69, 9.17) is 9.73 Å². The second-order valence-electron chi connectivity index (χ2n) is 6.50. The van der Waals surface area contributed by atoms with Gasteiger partial charge >= 0.3 is 0 Å². The van der Waals surface area contributed by atoms with Crippen molar-refractivity contribution in [1.29, 1.82) is 0 Å². The highest BCUT2D eigenvalue weighted by Gasteiger charge is 2.05. The van der Waals surface area contributed by atoms with Crippen molar-refractivity contribution < 1.29 is 4.74 Å². The fraction of sp³-hybridized carbons (Fsp3) is 0.550. The molecule has 148 valence electrons. The number of aryl methyl sites for hydroxylation is 1. The monoisotopic (exact) mass is 372 g/mol. The second-order valence-corrected chi connectivity index (χ2v) is 6.50. The van der Waals surface area contributed by atoms with Gasteiger partial charge in [-0.2, -0.15) is 0 Å². The quantitative estimate of drug-likeness (QED) is 0.495. The summed E-state index contributed by atoms with van der Waals surface area (Å²) in [5, 5.41) is 15.0. The van der Waals surface area contributed by atoms with Gasteiger partial charge in [0.25, 0.3) is 0 Å². The van der Waals surface area contributed by atoms with Crippen molar-refractivity contribution in [1.82, 2.24) is 25.4 Å². The van der Waals surface area contributed by atoms with E-state index in [0.717, 1.165) is 56.4 Å². The van der Waals surface area contributed by atoms with Crippen molar-refractivity contribution >= 4 is 5.96 Å². The number of aromatic nitrogens is 3. The largest absolute Gasteiger partial charge is 0.497 e. The molecule has 7 heteroatoms. The van der Waals surface area contributed by atoms with E-state index in [0.29, 0.717) is 6.04 Å². The van der Waals surface area contributed by atoms with Crippen LogP contribution >= 0.6 is 0 Å². The van der Waals surface area contributed by atoms with E-state index in [-0.39, 0.29) is 0 Å². The number of ether oxygens (including phenoxy) is 1. The number of rotatable bonds is 10. The average molecular weight is 373 g/mol. The highest BCUT2D eigenvalue weighted by atomic mass is 16.5. The lowest BCUT2D eigenvalue weighted by Crippen LogP contribution is -2.43. The van der Waals surface area contributed by atoms with Crippen LogP contribution in [0, 0.1) is 0 Å². The molecular weight excluding hydrogens is 340 g/mol. The van der Waals surface area contributed by atoms with Gasteiger partial charge in [-0.3, -0.25) is 4.99 Å². The van der Waals surface area contributed by atoms with Gasteiger partial charge < -0.3 is 19.9 Å². The van der Waals surface area contributed by atoms with Crippen molar-refractivity contribution in [3.8, 4) is 5.75 Å². The Morgan fingerprint density at radius 3 is 2.70 bits per heavy atom. The van der Waals surface area contributed by atoms with Gasteiger partial charge in [-0.15, -0.1) is 10.2 Å². The molecule has 0 aliphatic heterocycles. The van der Waals surface area contributed by atoms with Gasteiger partial charge in [0.05, 0.1) is 7.11 Å². The third-order valence-corrected chi connectivity index (χ3v) is 4.48. The Kier molecular flexibility index (Phi) is 8.61. The lowest BCUT2D eigenvalue weighted by Gasteiger charge is -2.17. The first-order valence-corrected chi connectivity index (χ1v) is 9.70. The zero-order valence-corrected chi connectivity index (χ0v) is 16.9. The van der Waals surface area contributed by atoms with Gasteiger partial charge in [-0.25, -0.2) is 0 Å². The molecule has 27 heavy (non-hydrogen) atoms. The van der Waals surface area contributed by atoms with Gasteiger partial charge in [-0.05, 0) is 37.5 Å². The van der Waals surface area contributed by atoms with Crippen LogP contribution in [0.2, 0.25) is 0 Å². The molecule has 0 bridgehead atoms. The zero-order chi connectivity index (χ0) is 19.5. The molecule has 0 amide bonds. The molecule has 1 heterocycles. The molecule has 2 rings (SSSR count). The molecule has 1 unspecified atom stereocenters. The van der Waals surface area contributed by atoms with Crippen LogP contribution in [0.3, 0.4) is 0 Å². The smallest absolute Gasteiger partial charge is 0.191 e. The molecule has 1 aromatic carbocycles. The molecule has 2 N–H and O–H groups in total. The van der Waals surface area contributed by atoms with E-state index < -0.39 is 0 Å². The number of aliphatic imine (C=N–C) groups is 1. The molecule has 2 aromatic rings. The molecule has 0 fully saturated rings. The summed E-state index contributed by atoms with van der Waals surface area (Å²) in [6, 6.07) is 8.52. The highest BCUT2D eigenvalue weighted by Crippen LogP contribution is 2.11. The third kappa shape index (κ3) is 6.92. The van der Waals surface area contributed by atoms with Crippen LogP contribution in [0.1, 0.15) is 38.6 Å². The summed E-state index contributed by atoms with van der Waals surface area (Å²) in [6.07, 6.45) is 4.60. The van der Waals surface area contributed by atoms with Gasteiger partial charge in [0.15, 0.2) is 5.96 Å². The van der Waals surface area contributed by atoms with E-state index >= 15 is 0 Å².